The second-order valence-electron chi connectivity index (χ2n) is 10.1. The van der Waals surface area contributed by atoms with E-state index in [0.29, 0.717) is 12.5 Å². The van der Waals surface area contributed by atoms with Gasteiger partial charge in [-0.2, -0.15) is 9.97 Å². The number of hydrogen-bond acceptors (Lipinski definition) is 8. The number of nitrogens with zero attached hydrogens (tertiary/aromatic N) is 7. The fraction of sp³-hybridized carbons (Fsp3) is 0.556. The minimum Gasteiger partial charge on any atom is -0.379 e. The van der Waals surface area contributed by atoms with Crippen LogP contribution in [0.15, 0.2) is 36.7 Å². The summed E-state index contributed by atoms with van der Waals surface area (Å²) in [4.78, 5) is 33.5. The van der Waals surface area contributed by atoms with Crippen molar-refractivity contribution in [3.8, 4) is 5.69 Å². The van der Waals surface area contributed by atoms with Gasteiger partial charge in [-0.3, -0.25) is 14.3 Å². The lowest BCUT2D eigenvalue weighted by molar-refractivity contribution is -0.127. The van der Waals surface area contributed by atoms with Gasteiger partial charge in [-0.1, -0.05) is 18.2 Å². The molecule has 10 nitrogen and oxygen atoms in total. The summed E-state index contributed by atoms with van der Waals surface area (Å²) >= 11 is 0. The molecule has 10 heteroatoms. The Morgan fingerprint density at radius 3 is 2.57 bits per heavy atom. The van der Waals surface area contributed by atoms with Gasteiger partial charge in [0.25, 0.3) is 0 Å². The maximum absolute atomic E-state index is 12.0. The minimum atomic E-state index is 0.272. The Labute approximate surface area is 217 Å². The lowest BCUT2D eigenvalue weighted by atomic mass is 10.0. The van der Waals surface area contributed by atoms with Gasteiger partial charge in [0, 0.05) is 64.0 Å². The summed E-state index contributed by atoms with van der Waals surface area (Å²) in [6, 6.07) is 10.8. The quantitative estimate of drug-likeness (QED) is 0.468. The largest absolute Gasteiger partial charge is 0.379 e. The fourth-order valence-electron chi connectivity index (χ4n) is 5.72. The van der Waals surface area contributed by atoms with E-state index in [4.69, 9.17) is 19.7 Å². The first kappa shape index (κ1) is 24.1. The Balaban J connectivity index is 1.21. The number of likely N-dealkylation sites (tertiary alicyclic amines) is 1. The smallest absolute Gasteiger partial charge is 0.229 e. The summed E-state index contributed by atoms with van der Waals surface area (Å²) in [6.45, 7) is 7.98. The Bertz CT molecular complexity index is 1200. The number of carbonyl (C=O) groups excluding carboxylic acids is 1. The number of amides is 1. The summed E-state index contributed by atoms with van der Waals surface area (Å²) < 4.78 is 7.58. The van der Waals surface area contributed by atoms with Crippen LogP contribution in [-0.2, 0) is 9.53 Å². The first-order valence-electron chi connectivity index (χ1n) is 13.7. The molecule has 5 heterocycles. The molecule has 37 heavy (non-hydrogen) atoms. The standard InChI is InChI=1S/C27H36N8O2/c36-23-8-4-12-33(23)13-5-11-28-25-24-26(35(20-29-24)22-6-2-1-3-7-22)31-27(30-25)34-14-9-21(10-15-34)32-16-18-37-19-17-32/h1-3,6-7,20-21H,4-5,8-19H2,(H,28,30,31). The molecule has 3 aliphatic heterocycles. The van der Waals surface area contributed by atoms with Gasteiger partial charge in [-0.25, -0.2) is 4.98 Å². The maximum atomic E-state index is 12.0. The van der Waals surface area contributed by atoms with Gasteiger partial charge in [-0.05, 0) is 37.8 Å². The summed E-state index contributed by atoms with van der Waals surface area (Å²) in [7, 11) is 0. The van der Waals surface area contributed by atoms with Gasteiger partial charge in [0.2, 0.25) is 11.9 Å². The molecule has 0 atom stereocenters. The molecule has 3 aromatic rings. The molecule has 0 bridgehead atoms. The molecule has 2 aromatic heterocycles. The number of nitrogens with one attached hydrogen (secondary N) is 1. The number of aromatic nitrogens is 4. The predicted octanol–water partition coefficient (Wildman–Crippen LogP) is 2.54. The van der Waals surface area contributed by atoms with Gasteiger partial charge in [0.05, 0.1) is 13.2 Å². The molecule has 1 N–H and O–H groups in total. The number of imidazole rings is 1. The number of fused-ring (bicyclic) bond motifs is 1. The van der Waals surface area contributed by atoms with E-state index in [1.54, 1.807) is 0 Å². The third kappa shape index (κ3) is 5.26. The second kappa shape index (κ2) is 11.0. The van der Waals surface area contributed by atoms with E-state index >= 15 is 0 Å². The third-order valence-electron chi connectivity index (χ3n) is 7.80. The molecule has 3 fully saturated rings. The van der Waals surface area contributed by atoms with Crippen LogP contribution < -0.4 is 10.2 Å². The highest BCUT2D eigenvalue weighted by molar-refractivity contribution is 5.85. The summed E-state index contributed by atoms with van der Waals surface area (Å²) in [5.41, 5.74) is 2.61. The van der Waals surface area contributed by atoms with Crippen molar-refractivity contribution in [1.82, 2.24) is 29.3 Å². The van der Waals surface area contributed by atoms with Crippen molar-refractivity contribution in [3.63, 3.8) is 0 Å². The monoisotopic (exact) mass is 504 g/mol. The van der Waals surface area contributed by atoms with Crippen LogP contribution >= 0.6 is 0 Å². The molecule has 3 aliphatic rings. The van der Waals surface area contributed by atoms with Gasteiger partial charge >= 0.3 is 0 Å². The molecular formula is C27H36N8O2. The number of morpholine rings is 1. The van der Waals surface area contributed by atoms with E-state index < -0.39 is 0 Å². The normalized spacial score (nSPS) is 19.7. The van der Waals surface area contributed by atoms with Crippen LogP contribution in [0.2, 0.25) is 0 Å². The Morgan fingerprint density at radius 1 is 1.00 bits per heavy atom. The average molecular weight is 505 g/mol. The lowest BCUT2D eigenvalue weighted by Gasteiger charge is -2.40. The van der Waals surface area contributed by atoms with E-state index in [-0.39, 0.29) is 5.91 Å². The number of hydrogen-bond donors (Lipinski definition) is 1. The Hall–Kier alpha value is -3.24. The topological polar surface area (TPSA) is 91.7 Å². The average Bonchev–Trinajstić information content (AvgIpc) is 3.58. The highest BCUT2D eigenvalue weighted by Gasteiger charge is 2.28. The van der Waals surface area contributed by atoms with Crippen molar-refractivity contribution in [1.29, 1.82) is 0 Å². The Kier molecular flexibility index (Phi) is 7.18. The molecule has 0 unspecified atom stereocenters. The van der Waals surface area contributed by atoms with Crippen LogP contribution in [0.25, 0.3) is 16.9 Å². The zero-order valence-corrected chi connectivity index (χ0v) is 21.4. The molecule has 1 amide bonds. The van der Waals surface area contributed by atoms with Gasteiger partial charge in [-0.15, -0.1) is 0 Å². The van der Waals surface area contributed by atoms with Crippen molar-refractivity contribution in [2.24, 2.45) is 0 Å². The van der Waals surface area contributed by atoms with E-state index in [1.165, 1.54) is 0 Å². The van der Waals surface area contributed by atoms with Crippen molar-refractivity contribution in [2.45, 2.75) is 38.1 Å². The first-order valence-corrected chi connectivity index (χ1v) is 13.7. The number of piperidine rings is 1. The number of anilines is 2. The first-order chi connectivity index (χ1) is 18.3. The number of para-hydroxylation sites is 1. The molecule has 196 valence electrons. The minimum absolute atomic E-state index is 0.272. The zero-order chi connectivity index (χ0) is 25.0. The second-order valence-corrected chi connectivity index (χ2v) is 10.1. The summed E-state index contributed by atoms with van der Waals surface area (Å²) in [6.07, 6.45) is 6.57. The van der Waals surface area contributed by atoms with Crippen LogP contribution in [0.4, 0.5) is 11.8 Å². The van der Waals surface area contributed by atoms with Gasteiger partial charge < -0.3 is 19.9 Å². The molecule has 3 saturated heterocycles. The molecule has 6 rings (SSSR count). The highest BCUT2D eigenvalue weighted by atomic mass is 16.5. The zero-order valence-electron chi connectivity index (χ0n) is 21.4. The maximum Gasteiger partial charge on any atom is 0.229 e. The number of rotatable bonds is 8. The fourth-order valence-corrected chi connectivity index (χ4v) is 5.72. The van der Waals surface area contributed by atoms with Gasteiger partial charge in [0.15, 0.2) is 17.0 Å². The number of ether oxygens (including phenoxy) is 1. The Morgan fingerprint density at radius 2 is 1.81 bits per heavy atom. The van der Waals surface area contributed by atoms with E-state index in [2.05, 4.69) is 27.2 Å². The molecule has 0 spiro atoms. The van der Waals surface area contributed by atoms with E-state index in [0.717, 1.165) is 113 Å². The van der Waals surface area contributed by atoms with E-state index in [1.807, 2.05) is 34.0 Å². The summed E-state index contributed by atoms with van der Waals surface area (Å²) in [5, 5.41) is 3.52. The van der Waals surface area contributed by atoms with Crippen LogP contribution in [-0.4, -0.2) is 100 Å². The van der Waals surface area contributed by atoms with Crippen LogP contribution in [0.1, 0.15) is 32.1 Å². The SMILES string of the molecule is O=C1CCCN1CCCNc1nc(N2CCC(N3CCOCC3)CC2)nc2c1ncn2-c1ccccc1. The van der Waals surface area contributed by atoms with Crippen molar-refractivity contribution in [3.05, 3.63) is 36.7 Å². The van der Waals surface area contributed by atoms with Gasteiger partial charge in [0.1, 0.15) is 6.33 Å². The number of carbonyl (C=O) groups is 1. The molecule has 1 aromatic carbocycles. The van der Waals surface area contributed by atoms with Crippen molar-refractivity contribution < 1.29 is 9.53 Å². The van der Waals surface area contributed by atoms with Crippen LogP contribution in [0, 0.1) is 0 Å². The summed E-state index contributed by atoms with van der Waals surface area (Å²) in [5.74, 6) is 1.79. The lowest BCUT2D eigenvalue weighted by Crippen LogP contribution is -2.49. The van der Waals surface area contributed by atoms with Crippen molar-refractivity contribution >= 4 is 28.8 Å². The van der Waals surface area contributed by atoms with Crippen LogP contribution in [0.5, 0.6) is 0 Å². The molecule has 0 saturated carbocycles. The molecule has 0 aliphatic carbocycles. The van der Waals surface area contributed by atoms with Crippen molar-refractivity contribution in [2.75, 3.05) is 69.2 Å². The van der Waals surface area contributed by atoms with E-state index in [9.17, 15) is 4.79 Å². The number of benzene rings is 1. The van der Waals surface area contributed by atoms with Crippen LogP contribution in [0.3, 0.4) is 0 Å². The highest BCUT2D eigenvalue weighted by Crippen LogP contribution is 2.27. The molecular weight excluding hydrogens is 468 g/mol. The predicted molar refractivity (Wildman–Crippen MR) is 143 cm³/mol. The third-order valence-corrected chi connectivity index (χ3v) is 7.80. The molecule has 0 radical (unpaired) electrons.